The van der Waals surface area contributed by atoms with E-state index in [9.17, 15) is 9.59 Å². The molecule has 32 heavy (non-hydrogen) atoms. The van der Waals surface area contributed by atoms with E-state index in [0.29, 0.717) is 22.5 Å². The number of nitrogens with one attached hydrogen (secondary N) is 2. The molecule has 7 nitrogen and oxygen atoms in total. The molecule has 158 valence electrons. The largest absolute Gasteiger partial charge is 0.272 e. The number of carbonyl (C=O) groups is 2. The molecule has 0 radical (unpaired) electrons. The number of hydrazine groups is 1. The molecule has 2 aromatic carbocycles. The van der Waals surface area contributed by atoms with Crippen molar-refractivity contribution in [2.24, 2.45) is 0 Å². The fraction of sp³-hybridized carbons (Fsp3) is 0.0435. The van der Waals surface area contributed by atoms with Crippen molar-refractivity contribution in [3.63, 3.8) is 0 Å². The maximum absolute atomic E-state index is 12.6. The van der Waals surface area contributed by atoms with Gasteiger partial charge in [-0.15, -0.1) is 0 Å². The Hall–Kier alpha value is -3.86. The molecule has 9 heteroatoms. The molecule has 0 unspecified atom stereocenters. The van der Waals surface area contributed by atoms with Gasteiger partial charge in [0, 0.05) is 17.3 Å². The zero-order valence-electron chi connectivity index (χ0n) is 16.7. The van der Waals surface area contributed by atoms with Crippen LogP contribution in [0.4, 0.5) is 0 Å². The summed E-state index contributed by atoms with van der Waals surface area (Å²) >= 11 is 12.0. The zero-order valence-corrected chi connectivity index (χ0v) is 18.2. The van der Waals surface area contributed by atoms with Crippen LogP contribution in [0.1, 0.15) is 37.5 Å². The van der Waals surface area contributed by atoms with Gasteiger partial charge in [-0.1, -0.05) is 41.3 Å². The van der Waals surface area contributed by atoms with Gasteiger partial charge in [-0.05, 0) is 54.8 Å². The standard InChI is InChI=1S/C23H15Cl2N5O2/c1-14-7-8-16(22(31)28-29-23(32)21-18(24)4-2-5-19(21)25)12-15(14)9-10-17-13-26-20-6-3-11-27-30(17)20/h2-8,11-13H,1H3,(H,28,31)(H,29,32). The van der Waals surface area contributed by atoms with Crippen LogP contribution >= 0.6 is 23.2 Å². The second kappa shape index (κ2) is 9.10. The monoisotopic (exact) mass is 463 g/mol. The maximum Gasteiger partial charge on any atom is 0.272 e. The smallest absolute Gasteiger partial charge is 0.267 e. The quantitative estimate of drug-likeness (QED) is 0.349. The SMILES string of the molecule is Cc1ccc(C(=O)NNC(=O)c2c(Cl)cccc2Cl)cc1C#Cc1cnc2cccnn12. The maximum atomic E-state index is 12.6. The number of amides is 2. The Bertz CT molecular complexity index is 1400. The van der Waals surface area contributed by atoms with Crippen molar-refractivity contribution in [1.29, 1.82) is 0 Å². The van der Waals surface area contributed by atoms with Crippen LogP contribution in [0.2, 0.25) is 10.0 Å². The van der Waals surface area contributed by atoms with Crippen molar-refractivity contribution in [2.45, 2.75) is 6.92 Å². The third kappa shape index (κ3) is 4.42. The molecule has 2 heterocycles. The molecular weight excluding hydrogens is 449 g/mol. The zero-order chi connectivity index (χ0) is 22.7. The number of aromatic nitrogens is 3. The van der Waals surface area contributed by atoms with E-state index in [0.717, 1.165) is 5.56 Å². The molecule has 4 aromatic rings. The number of benzene rings is 2. The Morgan fingerprint density at radius 1 is 0.969 bits per heavy atom. The lowest BCUT2D eigenvalue weighted by Gasteiger charge is -2.10. The molecule has 0 saturated carbocycles. The van der Waals surface area contributed by atoms with E-state index in [1.54, 1.807) is 47.2 Å². The van der Waals surface area contributed by atoms with E-state index in [1.165, 1.54) is 12.1 Å². The minimum absolute atomic E-state index is 0.0771. The second-order valence-electron chi connectivity index (χ2n) is 6.72. The van der Waals surface area contributed by atoms with E-state index in [-0.39, 0.29) is 15.6 Å². The Labute approximate surface area is 193 Å². The third-order valence-corrected chi connectivity index (χ3v) is 5.21. The van der Waals surface area contributed by atoms with E-state index < -0.39 is 11.8 Å². The first kappa shape index (κ1) is 21.4. The third-order valence-electron chi connectivity index (χ3n) is 4.58. The summed E-state index contributed by atoms with van der Waals surface area (Å²) in [6.07, 6.45) is 3.29. The predicted octanol–water partition coefficient (Wildman–Crippen LogP) is 3.82. The summed E-state index contributed by atoms with van der Waals surface area (Å²) in [6, 6.07) is 13.4. The number of rotatable bonds is 2. The highest BCUT2D eigenvalue weighted by Crippen LogP contribution is 2.23. The van der Waals surface area contributed by atoms with Gasteiger partial charge >= 0.3 is 0 Å². The summed E-state index contributed by atoms with van der Waals surface area (Å²) < 4.78 is 1.63. The highest BCUT2D eigenvalue weighted by atomic mass is 35.5. The molecule has 4 rings (SSSR count). The minimum atomic E-state index is -0.624. The molecule has 0 fully saturated rings. The second-order valence-corrected chi connectivity index (χ2v) is 7.54. The molecule has 0 aliphatic rings. The number of halogens is 2. The van der Waals surface area contributed by atoms with Crippen molar-refractivity contribution in [2.75, 3.05) is 0 Å². The molecule has 2 amide bonds. The predicted molar refractivity (Wildman–Crippen MR) is 122 cm³/mol. The van der Waals surface area contributed by atoms with Gasteiger partial charge in [0.25, 0.3) is 11.8 Å². The number of nitrogens with zero attached hydrogens (tertiary/aromatic N) is 3. The lowest BCUT2D eigenvalue weighted by atomic mass is 10.0. The Morgan fingerprint density at radius 2 is 1.72 bits per heavy atom. The Morgan fingerprint density at radius 3 is 2.50 bits per heavy atom. The number of hydrogen-bond acceptors (Lipinski definition) is 4. The number of imidazole rings is 1. The Kier molecular flexibility index (Phi) is 6.08. The van der Waals surface area contributed by atoms with E-state index in [2.05, 4.69) is 32.8 Å². The van der Waals surface area contributed by atoms with Crippen LogP contribution in [0.5, 0.6) is 0 Å². The first-order valence-electron chi connectivity index (χ1n) is 9.40. The highest BCUT2D eigenvalue weighted by molar-refractivity contribution is 6.39. The van der Waals surface area contributed by atoms with Crippen molar-refractivity contribution < 1.29 is 9.59 Å². The van der Waals surface area contributed by atoms with Crippen LogP contribution in [-0.2, 0) is 0 Å². The van der Waals surface area contributed by atoms with Gasteiger partial charge in [-0.25, -0.2) is 9.50 Å². The van der Waals surface area contributed by atoms with Crippen molar-refractivity contribution >= 4 is 40.7 Å². The average molecular weight is 464 g/mol. The minimum Gasteiger partial charge on any atom is -0.267 e. The molecule has 0 aliphatic heterocycles. The van der Waals surface area contributed by atoms with Gasteiger partial charge in [0.05, 0.1) is 21.8 Å². The van der Waals surface area contributed by atoms with E-state index >= 15 is 0 Å². The normalized spacial score (nSPS) is 10.3. The summed E-state index contributed by atoms with van der Waals surface area (Å²) in [5, 5.41) is 4.59. The van der Waals surface area contributed by atoms with Crippen molar-refractivity contribution in [3.05, 3.63) is 98.9 Å². The van der Waals surface area contributed by atoms with Gasteiger partial charge in [0.15, 0.2) is 5.65 Å². The van der Waals surface area contributed by atoms with Crippen LogP contribution < -0.4 is 10.9 Å². The van der Waals surface area contributed by atoms with Gasteiger partial charge in [-0.2, -0.15) is 5.10 Å². The van der Waals surface area contributed by atoms with Crippen LogP contribution in [0.15, 0.2) is 60.9 Å². The molecule has 0 bridgehead atoms. The van der Waals surface area contributed by atoms with E-state index in [4.69, 9.17) is 23.2 Å². The number of hydrogen-bond donors (Lipinski definition) is 2. The number of fused-ring (bicyclic) bond motifs is 1. The fourth-order valence-electron chi connectivity index (χ4n) is 2.91. The molecule has 2 aromatic heterocycles. The number of carbonyl (C=O) groups excluding carboxylic acids is 2. The molecule has 0 saturated heterocycles. The van der Waals surface area contributed by atoms with Gasteiger partial charge in [-0.3, -0.25) is 20.4 Å². The summed E-state index contributed by atoms with van der Waals surface area (Å²) in [5.74, 6) is 4.95. The Balaban J connectivity index is 1.51. The summed E-state index contributed by atoms with van der Waals surface area (Å²) in [4.78, 5) is 29.2. The van der Waals surface area contributed by atoms with Gasteiger partial charge in [0.2, 0.25) is 0 Å². The van der Waals surface area contributed by atoms with Crippen molar-refractivity contribution in [1.82, 2.24) is 25.4 Å². The average Bonchev–Trinajstić information content (AvgIpc) is 3.20. The summed E-state index contributed by atoms with van der Waals surface area (Å²) in [7, 11) is 0. The van der Waals surface area contributed by atoms with Crippen LogP contribution in [-0.4, -0.2) is 26.4 Å². The number of aryl methyl sites for hydroxylation is 1. The lowest BCUT2D eigenvalue weighted by molar-refractivity contribution is 0.0847. The molecule has 0 spiro atoms. The highest BCUT2D eigenvalue weighted by Gasteiger charge is 2.16. The van der Waals surface area contributed by atoms with E-state index in [1.807, 2.05) is 13.0 Å². The first-order valence-corrected chi connectivity index (χ1v) is 10.2. The molecular formula is C23H15Cl2N5O2. The van der Waals surface area contributed by atoms with Gasteiger partial charge in [0.1, 0.15) is 5.69 Å². The van der Waals surface area contributed by atoms with Gasteiger partial charge < -0.3 is 0 Å². The van der Waals surface area contributed by atoms with Crippen LogP contribution in [0.25, 0.3) is 5.65 Å². The molecule has 0 atom stereocenters. The molecule has 2 N–H and O–H groups in total. The fourth-order valence-corrected chi connectivity index (χ4v) is 3.48. The van der Waals surface area contributed by atoms with Crippen LogP contribution in [0, 0.1) is 18.8 Å². The van der Waals surface area contributed by atoms with Crippen molar-refractivity contribution in [3.8, 4) is 11.8 Å². The topological polar surface area (TPSA) is 88.4 Å². The summed E-state index contributed by atoms with van der Waals surface area (Å²) in [6.45, 7) is 1.89. The van der Waals surface area contributed by atoms with Crippen LogP contribution in [0.3, 0.4) is 0 Å². The lowest BCUT2D eigenvalue weighted by Crippen LogP contribution is -2.41. The summed E-state index contributed by atoms with van der Waals surface area (Å²) in [5.41, 5.74) is 7.95. The first-order chi connectivity index (χ1) is 15.4. The molecule has 0 aliphatic carbocycles.